The second-order valence-electron chi connectivity index (χ2n) is 5.05. The van der Waals surface area contributed by atoms with Gasteiger partial charge in [0.05, 0.1) is 0 Å². The number of nitrogens with zero attached hydrogens (tertiary/aromatic N) is 3. The number of aromatic nitrogens is 2. The van der Waals surface area contributed by atoms with Crippen LogP contribution in [0.25, 0.3) is 0 Å². The van der Waals surface area contributed by atoms with E-state index in [-0.39, 0.29) is 0 Å². The fourth-order valence-electron chi connectivity index (χ4n) is 3.02. The van der Waals surface area contributed by atoms with Gasteiger partial charge in [-0.15, -0.1) is 0 Å². The normalized spacial score (nSPS) is 23.8. The molecule has 0 amide bonds. The third kappa shape index (κ3) is 2.02. The summed E-state index contributed by atoms with van der Waals surface area (Å²) in [6.07, 6.45) is 7.80. The summed E-state index contributed by atoms with van der Waals surface area (Å²) in [6, 6.07) is 0.607. The second-order valence-corrected chi connectivity index (χ2v) is 5.05. The summed E-state index contributed by atoms with van der Waals surface area (Å²) in [4.78, 5) is 11.4. The molecule has 0 spiro atoms. The van der Waals surface area contributed by atoms with Gasteiger partial charge < -0.3 is 10.2 Å². The zero-order valence-corrected chi connectivity index (χ0v) is 10.4. The van der Waals surface area contributed by atoms with Crippen LogP contribution in [0.15, 0.2) is 6.33 Å². The van der Waals surface area contributed by atoms with E-state index in [1.807, 2.05) is 0 Å². The van der Waals surface area contributed by atoms with Gasteiger partial charge in [-0.3, -0.25) is 0 Å². The summed E-state index contributed by atoms with van der Waals surface area (Å²) in [5, 5.41) is 3.39. The molecule has 0 bridgehead atoms. The molecule has 1 aliphatic heterocycles. The van der Waals surface area contributed by atoms with Crippen molar-refractivity contribution in [2.75, 3.05) is 25.0 Å². The number of likely N-dealkylation sites (N-methyl/N-ethyl adjacent to an activating group) is 1. The maximum atomic E-state index is 4.53. The van der Waals surface area contributed by atoms with Crippen molar-refractivity contribution in [1.29, 1.82) is 0 Å². The van der Waals surface area contributed by atoms with Gasteiger partial charge in [0, 0.05) is 30.4 Å². The van der Waals surface area contributed by atoms with Crippen LogP contribution in [0, 0.1) is 0 Å². The molecule has 0 aromatic carbocycles. The van der Waals surface area contributed by atoms with Gasteiger partial charge in [-0.2, -0.15) is 0 Å². The van der Waals surface area contributed by atoms with Crippen LogP contribution in [0.4, 0.5) is 5.82 Å². The first-order valence-corrected chi connectivity index (χ1v) is 6.63. The summed E-state index contributed by atoms with van der Waals surface area (Å²) in [6.45, 7) is 2.22. The Morgan fingerprint density at radius 1 is 1.29 bits per heavy atom. The van der Waals surface area contributed by atoms with E-state index in [2.05, 4.69) is 27.2 Å². The predicted octanol–water partition coefficient (Wildman–Crippen LogP) is 1.15. The fraction of sp³-hybridized carbons (Fsp3) is 0.692. The average Bonchev–Trinajstić information content (AvgIpc) is 2.87. The van der Waals surface area contributed by atoms with Gasteiger partial charge in [0.25, 0.3) is 0 Å². The summed E-state index contributed by atoms with van der Waals surface area (Å²) < 4.78 is 0. The van der Waals surface area contributed by atoms with Gasteiger partial charge >= 0.3 is 0 Å². The molecular formula is C13H20N4. The Bertz CT molecular complexity index is 404. The standard InChI is InChI=1S/C13H20N4/c1-14-10-4-3-7-17(8-10)13-11-5-2-6-12(11)15-9-16-13/h9-10,14H,2-8H2,1H3. The molecule has 1 fully saturated rings. The minimum absolute atomic E-state index is 0.607. The van der Waals surface area contributed by atoms with Crippen LogP contribution < -0.4 is 10.2 Å². The number of hydrogen-bond donors (Lipinski definition) is 1. The second kappa shape index (κ2) is 4.61. The maximum Gasteiger partial charge on any atom is 0.135 e. The summed E-state index contributed by atoms with van der Waals surface area (Å²) in [5.41, 5.74) is 2.69. The molecule has 1 unspecified atom stereocenters. The molecule has 1 saturated heterocycles. The van der Waals surface area contributed by atoms with E-state index in [1.54, 1.807) is 6.33 Å². The van der Waals surface area contributed by atoms with Crippen LogP contribution >= 0.6 is 0 Å². The molecule has 1 atom stereocenters. The third-order valence-corrected chi connectivity index (χ3v) is 3.98. The lowest BCUT2D eigenvalue weighted by atomic mass is 10.1. The number of hydrogen-bond acceptors (Lipinski definition) is 4. The number of aryl methyl sites for hydroxylation is 1. The highest BCUT2D eigenvalue weighted by atomic mass is 15.2. The van der Waals surface area contributed by atoms with Crippen molar-refractivity contribution in [3.63, 3.8) is 0 Å². The molecule has 2 aliphatic rings. The average molecular weight is 232 g/mol. The van der Waals surface area contributed by atoms with Crippen molar-refractivity contribution < 1.29 is 0 Å². The number of piperidine rings is 1. The molecule has 92 valence electrons. The SMILES string of the molecule is CNC1CCCN(c2ncnc3c2CCC3)C1. The molecular weight excluding hydrogens is 212 g/mol. The van der Waals surface area contributed by atoms with Crippen molar-refractivity contribution in [3.8, 4) is 0 Å². The smallest absolute Gasteiger partial charge is 0.135 e. The molecule has 4 nitrogen and oxygen atoms in total. The van der Waals surface area contributed by atoms with Crippen LogP contribution in [-0.4, -0.2) is 36.1 Å². The van der Waals surface area contributed by atoms with E-state index >= 15 is 0 Å². The molecule has 0 radical (unpaired) electrons. The largest absolute Gasteiger partial charge is 0.355 e. The predicted molar refractivity (Wildman–Crippen MR) is 68.4 cm³/mol. The minimum atomic E-state index is 0.607. The van der Waals surface area contributed by atoms with Gasteiger partial charge in [0.15, 0.2) is 0 Å². The maximum absolute atomic E-state index is 4.53. The molecule has 1 aliphatic carbocycles. The first kappa shape index (κ1) is 11.0. The van der Waals surface area contributed by atoms with E-state index in [0.717, 1.165) is 25.9 Å². The highest BCUT2D eigenvalue weighted by Crippen LogP contribution is 2.29. The molecule has 1 aromatic heterocycles. The number of anilines is 1. The van der Waals surface area contributed by atoms with E-state index in [0.29, 0.717) is 6.04 Å². The molecule has 0 saturated carbocycles. The lowest BCUT2D eigenvalue weighted by molar-refractivity contribution is 0.447. The topological polar surface area (TPSA) is 41.0 Å². The fourth-order valence-corrected chi connectivity index (χ4v) is 3.02. The Morgan fingerprint density at radius 3 is 3.12 bits per heavy atom. The Balaban J connectivity index is 1.86. The van der Waals surface area contributed by atoms with Crippen LogP contribution in [0.1, 0.15) is 30.5 Å². The van der Waals surface area contributed by atoms with Crippen molar-refractivity contribution in [1.82, 2.24) is 15.3 Å². The summed E-state index contributed by atoms with van der Waals surface area (Å²) >= 11 is 0. The quantitative estimate of drug-likeness (QED) is 0.830. The van der Waals surface area contributed by atoms with Crippen LogP contribution in [-0.2, 0) is 12.8 Å². The Kier molecular flexibility index (Phi) is 2.97. The van der Waals surface area contributed by atoms with Gasteiger partial charge in [0.1, 0.15) is 12.1 Å². The van der Waals surface area contributed by atoms with E-state index in [4.69, 9.17) is 0 Å². The molecule has 1 N–H and O–H groups in total. The first-order chi connectivity index (χ1) is 8.38. The lowest BCUT2D eigenvalue weighted by Gasteiger charge is -2.34. The molecule has 1 aromatic rings. The number of rotatable bonds is 2. The summed E-state index contributed by atoms with van der Waals surface area (Å²) in [7, 11) is 2.05. The van der Waals surface area contributed by atoms with Gasteiger partial charge in [0.2, 0.25) is 0 Å². The molecule has 2 heterocycles. The van der Waals surface area contributed by atoms with Gasteiger partial charge in [-0.05, 0) is 39.2 Å². The first-order valence-electron chi connectivity index (χ1n) is 6.63. The van der Waals surface area contributed by atoms with Crippen LogP contribution in [0.3, 0.4) is 0 Å². The highest BCUT2D eigenvalue weighted by Gasteiger charge is 2.24. The van der Waals surface area contributed by atoms with E-state index < -0.39 is 0 Å². The number of fused-ring (bicyclic) bond motifs is 1. The van der Waals surface area contributed by atoms with E-state index in [9.17, 15) is 0 Å². The van der Waals surface area contributed by atoms with Crippen molar-refractivity contribution in [2.24, 2.45) is 0 Å². The molecule has 3 rings (SSSR count). The highest BCUT2D eigenvalue weighted by molar-refractivity contribution is 5.50. The van der Waals surface area contributed by atoms with Crippen molar-refractivity contribution >= 4 is 5.82 Å². The zero-order chi connectivity index (χ0) is 11.7. The van der Waals surface area contributed by atoms with Crippen molar-refractivity contribution in [3.05, 3.63) is 17.6 Å². The van der Waals surface area contributed by atoms with Crippen LogP contribution in [0.5, 0.6) is 0 Å². The lowest BCUT2D eigenvalue weighted by Crippen LogP contribution is -2.45. The minimum Gasteiger partial charge on any atom is -0.355 e. The Labute approximate surface area is 102 Å². The molecule has 17 heavy (non-hydrogen) atoms. The molecule has 4 heteroatoms. The Hall–Kier alpha value is -1.16. The van der Waals surface area contributed by atoms with Crippen molar-refractivity contribution in [2.45, 2.75) is 38.1 Å². The van der Waals surface area contributed by atoms with Crippen LogP contribution in [0.2, 0.25) is 0 Å². The van der Waals surface area contributed by atoms with Gasteiger partial charge in [-0.25, -0.2) is 9.97 Å². The Morgan fingerprint density at radius 2 is 2.24 bits per heavy atom. The third-order valence-electron chi connectivity index (χ3n) is 3.98. The summed E-state index contributed by atoms with van der Waals surface area (Å²) in [5.74, 6) is 1.20. The number of nitrogens with one attached hydrogen (secondary N) is 1. The monoisotopic (exact) mass is 232 g/mol. The van der Waals surface area contributed by atoms with E-state index in [1.165, 1.54) is 36.3 Å². The van der Waals surface area contributed by atoms with Gasteiger partial charge in [-0.1, -0.05) is 0 Å². The zero-order valence-electron chi connectivity index (χ0n) is 10.4.